The SMILES string of the molecule is COC(=O)[C@H]1[C@H](c2cnc(C(C)(C)C)nc2)C1(C)C. The van der Waals surface area contributed by atoms with Gasteiger partial charge in [0.15, 0.2) is 0 Å². The highest BCUT2D eigenvalue weighted by Crippen LogP contribution is 2.64. The molecule has 19 heavy (non-hydrogen) atoms. The largest absolute Gasteiger partial charge is 0.469 e. The number of carbonyl (C=O) groups is 1. The molecule has 104 valence electrons. The van der Waals surface area contributed by atoms with Gasteiger partial charge in [0.2, 0.25) is 0 Å². The molecule has 1 aliphatic carbocycles. The summed E-state index contributed by atoms with van der Waals surface area (Å²) >= 11 is 0. The number of hydrogen-bond acceptors (Lipinski definition) is 4. The third kappa shape index (κ3) is 2.36. The van der Waals surface area contributed by atoms with Gasteiger partial charge < -0.3 is 4.74 Å². The first-order valence-corrected chi connectivity index (χ1v) is 6.60. The lowest BCUT2D eigenvalue weighted by molar-refractivity contribution is -0.143. The monoisotopic (exact) mass is 262 g/mol. The molecule has 0 aliphatic heterocycles. The van der Waals surface area contributed by atoms with Crippen LogP contribution in [0.3, 0.4) is 0 Å². The zero-order valence-corrected chi connectivity index (χ0v) is 12.5. The molecular formula is C15H22N2O2. The van der Waals surface area contributed by atoms with Gasteiger partial charge in [0.25, 0.3) is 0 Å². The minimum atomic E-state index is -0.144. The molecule has 0 aromatic carbocycles. The second kappa shape index (κ2) is 4.29. The smallest absolute Gasteiger partial charge is 0.309 e. The zero-order valence-electron chi connectivity index (χ0n) is 12.5. The highest BCUT2D eigenvalue weighted by Gasteiger charge is 2.63. The number of methoxy groups -OCH3 is 1. The molecule has 1 heterocycles. The molecule has 0 spiro atoms. The Bertz CT molecular complexity index is 486. The molecule has 1 aromatic heterocycles. The summed E-state index contributed by atoms with van der Waals surface area (Å²) in [5.41, 5.74) is 0.896. The van der Waals surface area contributed by atoms with E-state index in [9.17, 15) is 4.79 Å². The van der Waals surface area contributed by atoms with Gasteiger partial charge in [-0.2, -0.15) is 0 Å². The maximum absolute atomic E-state index is 11.7. The molecule has 4 nitrogen and oxygen atoms in total. The summed E-state index contributed by atoms with van der Waals surface area (Å²) < 4.78 is 4.86. The van der Waals surface area contributed by atoms with Crippen LogP contribution in [0.1, 0.15) is 51.9 Å². The van der Waals surface area contributed by atoms with E-state index >= 15 is 0 Å². The highest BCUT2D eigenvalue weighted by atomic mass is 16.5. The number of ether oxygens (including phenoxy) is 1. The van der Waals surface area contributed by atoms with Crippen LogP contribution in [-0.2, 0) is 14.9 Å². The van der Waals surface area contributed by atoms with Crippen molar-refractivity contribution in [1.29, 1.82) is 0 Å². The van der Waals surface area contributed by atoms with E-state index in [0.717, 1.165) is 11.4 Å². The third-order valence-electron chi connectivity index (χ3n) is 3.98. The Balaban J connectivity index is 2.23. The van der Waals surface area contributed by atoms with Gasteiger partial charge in [-0.05, 0) is 11.0 Å². The summed E-state index contributed by atoms with van der Waals surface area (Å²) in [5.74, 6) is 0.759. The van der Waals surface area contributed by atoms with Crippen molar-refractivity contribution in [2.24, 2.45) is 11.3 Å². The Kier molecular flexibility index (Phi) is 3.15. The van der Waals surface area contributed by atoms with Gasteiger partial charge in [-0.25, -0.2) is 9.97 Å². The number of esters is 1. The molecule has 1 fully saturated rings. The first kappa shape index (κ1) is 14.0. The van der Waals surface area contributed by atoms with Gasteiger partial charge in [-0.1, -0.05) is 34.6 Å². The van der Waals surface area contributed by atoms with Crippen molar-refractivity contribution in [3.8, 4) is 0 Å². The van der Waals surface area contributed by atoms with Crippen LogP contribution in [0, 0.1) is 11.3 Å². The molecule has 4 heteroatoms. The fourth-order valence-corrected chi connectivity index (χ4v) is 2.71. The van der Waals surface area contributed by atoms with Crippen LogP contribution in [-0.4, -0.2) is 23.0 Å². The van der Waals surface area contributed by atoms with Gasteiger partial charge in [-0.15, -0.1) is 0 Å². The molecule has 0 bridgehead atoms. The van der Waals surface area contributed by atoms with Gasteiger partial charge in [-0.3, -0.25) is 4.79 Å². The summed E-state index contributed by atoms with van der Waals surface area (Å²) in [7, 11) is 1.44. The fraction of sp³-hybridized carbons (Fsp3) is 0.667. The minimum absolute atomic E-state index is 0.0562. The Morgan fingerprint density at radius 3 is 2.21 bits per heavy atom. The molecular weight excluding hydrogens is 240 g/mol. The van der Waals surface area contributed by atoms with Crippen LogP contribution < -0.4 is 0 Å². The van der Waals surface area contributed by atoms with Crippen molar-refractivity contribution < 1.29 is 9.53 Å². The summed E-state index contributed by atoms with van der Waals surface area (Å²) in [5, 5.41) is 0. The third-order valence-corrected chi connectivity index (χ3v) is 3.98. The predicted octanol–water partition coefficient (Wildman–Crippen LogP) is 2.69. The Morgan fingerprint density at radius 1 is 1.26 bits per heavy atom. The standard InChI is InChI=1S/C15H22N2O2/c1-14(2,3)13-16-7-9(8-17-13)10-11(12(18)19-6)15(10,4)5/h7-8,10-11H,1-6H3/t10-,11+/m0/s1. The van der Waals surface area contributed by atoms with Gasteiger partial charge in [0.05, 0.1) is 13.0 Å². The lowest BCUT2D eigenvalue weighted by atomic mass is 9.95. The van der Waals surface area contributed by atoms with Crippen molar-refractivity contribution >= 4 is 5.97 Å². The van der Waals surface area contributed by atoms with Crippen molar-refractivity contribution in [3.63, 3.8) is 0 Å². The van der Waals surface area contributed by atoms with Crippen LogP contribution in [0.25, 0.3) is 0 Å². The maximum Gasteiger partial charge on any atom is 0.309 e. The molecule has 2 atom stereocenters. The van der Waals surface area contributed by atoms with Crippen LogP contribution in [0.15, 0.2) is 12.4 Å². The number of hydrogen-bond donors (Lipinski definition) is 0. The Labute approximate surface area is 114 Å². The first-order chi connectivity index (χ1) is 8.69. The van der Waals surface area contributed by atoms with E-state index in [-0.39, 0.29) is 28.6 Å². The average Bonchev–Trinajstić information content (AvgIpc) is 2.90. The maximum atomic E-state index is 11.7. The van der Waals surface area contributed by atoms with Crippen molar-refractivity contribution in [2.75, 3.05) is 7.11 Å². The summed E-state index contributed by atoms with van der Waals surface area (Å²) in [4.78, 5) is 20.6. The molecule has 0 amide bonds. The van der Waals surface area contributed by atoms with Gasteiger partial charge in [0.1, 0.15) is 5.82 Å². The zero-order chi connectivity index (χ0) is 14.4. The first-order valence-electron chi connectivity index (χ1n) is 6.60. The number of rotatable bonds is 2. The number of aromatic nitrogens is 2. The van der Waals surface area contributed by atoms with Crippen molar-refractivity contribution in [1.82, 2.24) is 9.97 Å². The van der Waals surface area contributed by atoms with E-state index < -0.39 is 0 Å². The predicted molar refractivity (Wildman–Crippen MR) is 72.8 cm³/mol. The number of carbonyl (C=O) groups excluding carboxylic acids is 1. The van der Waals surface area contributed by atoms with Crippen LogP contribution in [0.4, 0.5) is 0 Å². The summed E-state index contributed by atoms with van der Waals surface area (Å²) in [6.45, 7) is 10.4. The normalized spacial score (nSPS) is 24.9. The van der Waals surface area contributed by atoms with Crippen LogP contribution in [0.2, 0.25) is 0 Å². The van der Waals surface area contributed by atoms with Crippen molar-refractivity contribution in [2.45, 2.75) is 46.0 Å². The highest BCUT2D eigenvalue weighted by molar-refractivity contribution is 5.79. The lowest BCUT2D eigenvalue weighted by Gasteiger charge is -2.16. The van der Waals surface area contributed by atoms with E-state index in [1.165, 1.54) is 7.11 Å². The second-order valence-corrected chi connectivity index (χ2v) is 6.89. The van der Waals surface area contributed by atoms with Crippen LogP contribution in [0.5, 0.6) is 0 Å². The van der Waals surface area contributed by atoms with E-state index in [0.29, 0.717) is 0 Å². The molecule has 1 saturated carbocycles. The van der Waals surface area contributed by atoms with Gasteiger partial charge in [0, 0.05) is 23.7 Å². The topological polar surface area (TPSA) is 52.1 Å². The molecule has 0 radical (unpaired) electrons. The summed E-state index contributed by atoms with van der Waals surface area (Å²) in [6.07, 6.45) is 3.70. The molecule has 0 unspecified atom stereocenters. The Hall–Kier alpha value is -1.45. The van der Waals surface area contributed by atoms with E-state index in [4.69, 9.17) is 4.74 Å². The summed E-state index contributed by atoms with van der Waals surface area (Å²) in [6, 6.07) is 0. The Morgan fingerprint density at radius 2 is 1.79 bits per heavy atom. The second-order valence-electron chi connectivity index (χ2n) is 6.89. The molecule has 0 N–H and O–H groups in total. The number of nitrogens with zero attached hydrogens (tertiary/aromatic N) is 2. The van der Waals surface area contributed by atoms with E-state index in [1.54, 1.807) is 0 Å². The fourth-order valence-electron chi connectivity index (χ4n) is 2.71. The minimum Gasteiger partial charge on any atom is -0.469 e. The van der Waals surface area contributed by atoms with Crippen LogP contribution >= 0.6 is 0 Å². The average molecular weight is 262 g/mol. The molecule has 1 aromatic rings. The van der Waals surface area contributed by atoms with Crippen molar-refractivity contribution in [3.05, 3.63) is 23.8 Å². The quantitative estimate of drug-likeness (QED) is 0.769. The molecule has 1 aliphatic rings. The molecule has 0 saturated heterocycles. The van der Waals surface area contributed by atoms with Gasteiger partial charge >= 0.3 is 5.97 Å². The lowest BCUT2D eigenvalue weighted by Crippen LogP contribution is -2.16. The van der Waals surface area contributed by atoms with E-state index in [1.807, 2.05) is 12.4 Å². The van der Waals surface area contributed by atoms with E-state index in [2.05, 4.69) is 44.6 Å². The molecule has 2 rings (SSSR count).